The van der Waals surface area contributed by atoms with E-state index < -0.39 is 0 Å². The zero-order valence-corrected chi connectivity index (χ0v) is 15.4. The Hall–Kier alpha value is -1.82. The molecule has 2 rings (SSSR count). The lowest BCUT2D eigenvalue weighted by Crippen LogP contribution is -2.42. The maximum Gasteiger partial charge on any atom is 0.252 e. The molecule has 1 fully saturated rings. The van der Waals surface area contributed by atoms with Crippen molar-refractivity contribution in [2.45, 2.75) is 57.7 Å². The van der Waals surface area contributed by atoms with Crippen molar-refractivity contribution in [2.75, 3.05) is 20.6 Å². The smallest absolute Gasteiger partial charge is 0.252 e. The molecule has 1 saturated heterocycles. The van der Waals surface area contributed by atoms with Crippen LogP contribution < -0.4 is 10.6 Å². The van der Waals surface area contributed by atoms with Crippen molar-refractivity contribution in [1.82, 2.24) is 20.1 Å². The zero-order valence-electron chi connectivity index (χ0n) is 15.4. The Morgan fingerprint density at radius 1 is 1.25 bits per heavy atom. The lowest BCUT2D eigenvalue weighted by Gasteiger charge is -2.25. The molecule has 0 radical (unpaired) electrons. The Labute approximate surface area is 144 Å². The molecule has 24 heavy (non-hydrogen) atoms. The second kappa shape index (κ2) is 7.38. The van der Waals surface area contributed by atoms with E-state index in [0.717, 1.165) is 12.8 Å². The normalized spacial score (nSPS) is 21.7. The summed E-state index contributed by atoms with van der Waals surface area (Å²) >= 11 is 0. The van der Waals surface area contributed by atoms with Gasteiger partial charge in [-0.15, -0.1) is 0 Å². The molecule has 1 aliphatic heterocycles. The summed E-state index contributed by atoms with van der Waals surface area (Å²) in [6, 6.07) is 2.40. The summed E-state index contributed by atoms with van der Waals surface area (Å²) in [6.07, 6.45) is 6.34. The highest BCUT2D eigenvalue weighted by atomic mass is 16.2. The fourth-order valence-corrected chi connectivity index (χ4v) is 3.16. The van der Waals surface area contributed by atoms with Gasteiger partial charge in [-0.1, -0.05) is 0 Å². The topological polar surface area (TPSA) is 66.4 Å². The van der Waals surface area contributed by atoms with Crippen LogP contribution in [0.4, 0.5) is 0 Å². The van der Waals surface area contributed by atoms with Gasteiger partial charge in [0.25, 0.3) is 5.91 Å². The van der Waals surface area contributed by atoms with Crippen LogP contribution in [0.3, 0.4) is 0 Å². The lowest BCUT2D eigenvalue weighted by molar-refractivity contribution is -0.121. The van der Waals surface area contributed by atoms with Crippen molar-refractivity contribution in [1.29, 1.82) is 0 Å². The van der Waals surface area contributed by atoms with E-state index in [1.54, 1.807) is 7.05 Å². The summed E-state index contributed by atoms with van der Waals surface area (Å²) in [5.74, 6) is 0.0289. The van der Waals surface area contributed by atoms with Crippen LogP contribution in [0.2, 0.25) is 0 Å². The summed E-state index contributed by atoms with van der Waals surface area (Å²) in [6.45, 7) is 6.93. The van der Waals surface area contributed by atoms with E-state index in [-0.39, 0.29) is 29.4 Å². The van der Waals surface area contributed by atoms with E-state index in [2.05, 4.69) is 36.3 Å². The number of likely N-dealkylation sites (tertiary alicyclic amines) is 1. The zero-order chi connectivity index (χ0) is 17.9. The van der Waals surface area contributed by atoms with E-state index in [9.17, 15) is 9.59 Å². The first-order valence-corrected chi connectivity index (χ1v) is 8.61. The third kappa shape index (κ3) is 4.38. The minimum absolute atomic E-state index is 0.0305. The summed E-state index contributed by atoms with van der Waals surface area (Å²) < 4.78 is 2.04. The van der Waals surface area contributed by atoms with Gasteiger partial charge < -0.3 is 15.2 Å². The number of hydrogen-bond donors (Lipinski definition) is 2. The van der Waals surface area contributed by atoms with Crippen LogP contribution in [0.1, 0.15) is 50.4 Å². The molecule has 1 aromatic rings. The number of hydrogen-bond acceptors (Lipinski definition) is 3. The van der Waals surface area contributed by atoms with Gasteiger partial charge in [0.05, 0.1) is 5.56 Å². The monoisotopic (exact) mass is 334 g/mol. The molecule has 6 nitrogen and oxygen atoms in total. The summed E-state index contributed by atoms with van der Waals surface area (Å²) in [7, 11) is 3.70. The molecule has 1 aromatic heterocycles. The Morgan fingerprint density at radius 3 is 2.50 bits per heavy atom. The fraction of sp³-hybridized carbons (Fsp3) is 0.667. The number of amides is 2. The average molecular weight is 334 g/mol. The molecule has 1 aliphatic rings. The molecule has 134 valence electrons. The molecule has 0 unspecified atom stereocenters. The molecule has 0 saturated carbocycles. The van der Waals surface area contributed by atoms with Crippen LogP contribution in [0.15, 0.2) is 18.5 Å². The minimum Gasteiger partial charge on any atom is -0.359 e. The van der Waals surface area contributed by atoms with E-state index in [0.29, 0.717) is 18.5 Å². The van der Waals surface area contributed by atoms with Gasteiger partial charge in [0.15, 0.2) is 0 Å². The number of nitrogens with one attached hydrogen (secondary N) is 2. The SMILES string of the molecule is CNC(=O)C[C@H]1CC[C@@H](CNC(=O)c2ccn(C(C)(C)C)c2)N1C. The van der Waals surface area contributed by atoms with Crippen molar-refractivity contribution in [3.05, 3.63) is 24.0 Å². The largest absolute Gasteiger partial charge is 0.359 e. The van der Waals surface area contributed by atoms with Crippen molar-refractivity contribution in [2.24, 2.45) is 0 Å². The predicted molar refractivity (Wildman–Crippen MR) is 95.0 cm³/mol. The van der Waals surface area contributed by atoms with Crippen molar-refractivity contribution >= 4 is 11.8 Å². The van der Waals surface area contributed by atoms with Crippen LogP contribution in [0, 0.1) is 0 Å². The Kier molecular flexibility index (Phi) is 5.70. The molecule has 0 spiro atoms. The molecule has 2 N–H and O–H groups in total. The molecular weight excluding hydrogens is 304 g/mol. The molecule has 0 aliphatic carbocycles. The Balaban J connectivity index is 1.86. The van der Waals surface area contributed by atoms with Crippen LogP contribution in [-0.4, -0.2) is 54.0 Å². The first-order chi connectivity index (χ1) is 11.2. The van der Waals surface area contributed by atoms with Gasteiger partial charge >= 0.3 is 0 Å². The summed E-state index contributed by atoms with van der Waals surface area (Å²) in [5.41, 5.74) is 0.657. The second-order valence-corrected chi connectivity index (χ2v) is 7.62. The fourth-order valence-electron chi connectivity index (χ4n) is 3.16. The summed E-state index contributed by atoms with van der Waals surface area (Å²) in [5, 5.41) is 5.71. The number of rotatable bonds is 5. The van der Waals surface area contributed by atoms with E-state index in [1.807, 2.05) is 30.1 Å². The van der Waals surface area contributed by atoms with Crippen LogP contribution in [0.25, 0.3) is 0 Å². The molecule has 2 heterocycles. The standard InChI is InChI=1S/C18H30N4O2/c1-18(2,3)22-9-8-13(12-22)17(24)20-11-15-7-6-14(21(15)5)10-16(23)19-4/h8-9,12,14-15H,6-7,10-11H2,1-5H3,(H,19,23)(H,20,24)/t14-,15+/m1/s1. The van der Waals surface area contributed by atoms with Gasteiger partial charge in [0.2, 0.25) is 5.91 Å². The molecule has 0 aromatic carbocycles. The highest BCUT2D eigenvalue weighted by molar-refractivity contribution is 5.94. The Morgan fingerprint density at radius 2 is 1.92 bits per heavy atom. The van der Waals surface area contributed by atoms with E-state index in [1.165, 1.54) is 0 Å². The minimum atomic E-state index is -0.0406. The quantitative estimate of drug-likeness (QED) is 0.859. The van der Waals surface area contributed by atoms with E-state index >= 15 is 0 Å². The lowest BCUT2D eigenvalue weighted by atomic mass is 10.1. The third-order valence-corrected chi connectivity index (χ3v) is 4.91. The van der Waals surface area contributed by atoms with Gasteiger partial charge in [0.1, 0.15) is 0 Å². The molecule has 2 atom stereocenters. The van der Waals surface area contributed by atoms with Gasteiger partial charge in [-0.2, -0.15) is 0 Å². The van der Waals surface area contributed by atoms with Crippen molar-refractivity contribution < 1.29 is 9.59 Å². The highest BCUT2D eigenvalue weighted by Crippen LogP contribution is 2.24. The molecule has 2 amide bonds. The number of nitrogens with zero attached hydrogens (tertiary/aromatic N) is 2. The van der Waals surface area contributed by atoms with Crippen LogP contribution in [-0.2, 0) is 10.3 Å². The van der Waals surface area contributed by atoms with Gasteiger partial charge in [-0.05, 0) is 46.7 Å². The van der Waals surface area contributed by atoms with Crippen LogP contribution in [0.5, 0.6) is 0 Å². The molecular formula is C18H30N4O2. The van der Waals surface area contributed by atoms with Crippen LogP contribution >= 0.6 is 0 Å². The van der Waals surface area contributed by atoms with Gasteiger partial charge in [-0.25, -0.2) is 0 Å². The van der Waals surface area contributed by atoms with Crippen molar-refractivity contribution in [3.63, 3.8) is 0 Å². The van der Waals surface area contributed by atoms with E-state index in [4.69, 9.17) is 0 Å². The maximum absolute atomic E-state index is 12.3. The molecule has 6 heteroatoms. The second-order valence-electron chi connectivity index (χ2n) is 7.62. The van der Waals surface area contributed by atoms with Gasteiger partial charge in [0, 0.05) is 50.0 Å². The number of aromatic nitrogens is 1. The average Bonchev–Trinajstić information content (AvgIpc) is 3.13. The van der Waals surface area contributed by atoms with Gasteiger partial charge in [-0.3, -0.25) is 14.5 Å². The Bertz CT molecular complexity index is 588. The number of carbonyl (C=O) groups is 2. The predicted octanol–water partition coefficient (Wildman–Crippen LogP) is 1.57. The number of likely N-dealkylation sites (N-methyl/N-ethyl adjacent to an activating group) is 1. The molecule has 0 bridgehead atoms. The third-order valence-electron chi connectivity index (χ3n) is 4.91. The van der Waals surface area contributed by atoms with Crippen molar-refractivity contribution in [3.8, 4) is 0 Å². The first-order valence-electron chi connectivity index (χ1n) is 8.61. The highest BCUT2D eigenvalue weighted by Gasteiger charge is 2.31. The maximum atomic E-state index is 12.3. The summed E-state index contributed by atoms with van der Waals surface area (Å²) in [4.78, 5) is 26.1. The number of carbonyl (C=O) groups excluding carboxylic acids is 2. The first kappa shape index (κ1) is 18.5.